The molecule has 19 heavy (non-hydrogen) atoms. The van der Waals surface area contributed by atoms with Crippen LogP contribution >= 0.6 is 11.6 Å². The van der Waals surface area contributed by atoms with Gasteiger partial charge in [-0.3, -0.25) is 4.79 Å². The minimum Gasteiger partial charge on any atom is -0.490 e. The second-order valence-corrected chi connectivity index (χ2v) is 5.13. The number of hydrogen-bond donors (Lipinski definition) is 0. The highest BCUT2D eigenvalue weighted by molar-refractivity contribution is 6.31. The number of ether oxygens (including phenoxy) is 1. The molecule has 0 amide bonds. The molecule has 96 valence electrons. The van der Waals surface area contributed by atoms with E-state index in [9.17, 15) is 4.79 Å². The molecule has 2 aromatic rings. The molecule has 0 aliphatic heterocycles. The van der Waals surface area contributed by atoms with Crippen LogP contribution in [0.5, 0.6) is 5.75 Å². The quantitative estimate of drug-likeness (QED) is 0.773. The summed E-state index contributed by atoms with van der Waals surface area (Å²) in [5.41, 5.74) is 2.44. The van der Waals surface area contributed by atoms with Crippen molar-refractivity contribution < 1.29 is 9.53 Å². The molecule has 1 aliphatic carbocycles. The van der Waals surface area contributed by atoms with Crippen LogP contribution in [-0.4, -0.2) is 12.4 Å². The molecule has 1 saturated carbocycles. The van der Waals surface area contributed by atoms with Gasteiger partial charge in [-0.05, 0) is 48.2 Å². The van der Waals surface area contributed by atoms with Gasteiger partial charge in [0.1, 0.15) is 5.75 Å². The number of hydrogen-bond acceptors (Lipinski definition) is 2. The van der Waals surface area contributed by atoms with Gasteiger partial charge in [0.15, 0.2) is 6.29 Å². The molecule has 1 fully saturated rings. The van der Waals surface area contributed by atoms with Gasteiger partial charge in [-0.2, -0.15) is 0 Å². The molecule has 0 spiro atoms. The van der Waals surface area contributed by atoms with Crippen molar-refractivity contribution in [1.29, 1.82) is 0 Å². The Balaban J connectivity index is 1.98. The van der Waals surface area contributed by atoms with Crippen LogP contribution in [0.2, 0.25) is 5.02 Å². The van der Waals surface area contributed by atoms with Gasteiger partial charge < -0.3 is 4.74 Å². The second-order valence-electron chi connectivity index (χ2n) is 4.69. The van der Waals surface area contributed by atoms with E-state index < -0.39 is 0 Å². The Hall–Kier alpha value is -1.80. The molecule has 0 unspecified atom stereocenters. The van der Waals surface area contributed by atoms with Gasteiger partial charge in [0.25, 0.3) is 0 Å². The van der Waals surface area contributed by atoms with Crippen LogP contribution in [-0.2, 0) is 0 Å². The zero-order valence-corrected chi connectivity index (χ0v) is 11.1. The first-order chi connectivity index (χ1) is 9.26. The zero-order valence-electron chi connectivity index (χ0n) is 10.3. The molecule has 1 aliphatic rings. The van der Waals surface area contributed by atoms with Crippen LogP contribution in [0.25, 0.3) is 11.1 Å². The molecule has 3 heteroatoms. The highest BCUT2D eigenvalue weighted by Crippen LogP contribution is 2.31. The fraction of sp³-hybridized carbons (Fsp3) is 0.188. The van der Waals surface area contributed by atoms with Crippen molar-refractivity contribution in [3.05, 3.63) is 53.1 Å². The molecule has 0 radical (unpaired) electrons. The summed E-state index contributed by atoms with van der Waals surface area (Å²) in [5, 5.41) is 0.566. The van der Waals surface area contributed by atoms with E-state index in [0.717, 1.165) is 36.0 Å². The lowest BCUT2D eigenvalue weighted by Crippen LogP contribution is -1.96. The lowest BCUT2D eigenvalue weighted by Gasteiger charge is -2.09. The molecule has 0 bridgehead atoms. The predicted molar refractivity (Wildman–Crippen MR) is 75.9 cm³/mol. The Kier molecular flexibility index (Phi) is 3.26. The molecule has 0 N–H and O–H groups in total. The van der Waals surface area contributed by atoms with E-state index in [1.54, 1.807) is 12.1 Å². The molecule has 0 heterocycles. The monoisotopic (exact) mass is 272 g/mol. The van der Waals surface area contributed by atoms with Crippen molar-refractivity contribution in [2.45, 2.75) is 18.9 Å². The van der Waals surface area contributed by atoms with Gasteiger partial charge in [-0.25, -0.2) is 0 Å². The lowest BCUT2D eigenvalue weighted by atomic mass is 10.0. The van der Waals surface area contributed by atoms with E-state index in [1.165, 1.54) is 0 Å². The van der Waals surface area contributed by atoms with E-state index >= 15 is 0 Å². The lowest BCUT2D eigenvalue weighted by molar-refractivity contribution is 0.112. The number of carbonyl (C=O) groups is 1. The van der Waals surface area contributed by atoms with Crippen LogP contribution in [0.15, 0.2) is 42.5 Å². The average molecular weight is 273 g/mol. The Morgan fingerprint density at radius 1 is 1.16 bits per heavy atom. The van der Waals surface area contributed by atoms with Gasteiger partial charge in [-0.1, -0.05) is 29.8 Å². The van der Waals surface area contributed by atoms with Crippen LogP contribution in [0.1, 0.15) is 23.2 Å². The van der Waals surface area contributed by atoms with Crippen molar-refractivity contribution in [3.8, 4) is 16.9 Å². The topological polar surface area (TPSA) is 26.3 Å². The summed E-state index contributed by atoms with van der Waals surface area (Å²) in [6.07, 6.45) is 3.46. The maximum absolute atomic E-state index is 11.1. The predicted octanol–water partition coefficient (Wildman–Crippen LogP) is 4.36. The highest BCUT2D eigenvalue weighted by Gasteiger charge is 2.23. The molecule has 2 nitrogen and oxygen atoms in total. The first-order valence-corrected chi connectivity index (χ1v) is 6.66. The molecule has 3 rings (SSSR count). The van der Waals surface area contributed by atoms with Crippen LogP contribution in [0, 0.1) is 0 Å². The van der Waals surface area contributed by atoms with Gasteiger partial charge >= 0.3 is 0 Å². The van der Waals surface area contributed by atoms with Crippen molar-refractivity contribution in [2.24, 2.45) is 0 Å². The maximum Gasteiger partial charge on any atom is 0.150 e. The summed E-state index contributed by atoms with van der Waals surface area (Å²) in [4.78, 5) is 11.1. The third kappa shape index (κ3) is 2.79. The number of carbonyl (C=O) groups excluding carboxylic acids is 1. The Bertz CT molecular complexity index is 618. The number of benzene rings is 2. The van der Waals surface area contributed by atoms with Crippen molar-refractivity contribution in [1.82, 2.24) is 0 Å². The summed E-state index contributed by atoms with van der Waals surface area (Å²) in [5.74, 6) is 0.854. The fourth-order valence-corrected chi connectivity index (χ4v) is 2.19. The van der Waals surface area contributed by atoms with Crippen molar-refractivity contribution in [3.63, 3.8) is 0 Å². The third-order valence-corrected chi connectivity index (χ3v) is 3.35. The Morgan fingerprint density at radius 2 is 2.00 bits per heavy atom. The average Bonchev–Trinajstić information content (AvgIpc) is 3.23. The molecular formula is C16H13ClO2. The first kappa shape index (κ1) is 12.2. The standard InChI is InChI=1S/C16H13ClO2/c17-13-4-7-16(12(8-13)10-18)11-2-1-3-15(9-11)19-14-5-6-14/h1-4,7-10,14H,5-6H2. The van der Waals surface area contributed by atoms with E-state index in [2.05, 4.69) is 0 Å². The summed E-state index contributed by atoms with van der Waals surface area (Å²) < 4.78 is 5.77. The minimum atomic E-state index is 0.367. The first-order valence-electron chi connectivity index (χ1n) is 6.28. The second kappa shape index (κ2) is 5.06. The largest absolute Gasteiger partial charge is 0.490 e. The number of rotatable bonds is 4. The van der Waals surface area contributed by atoms with Crippen LogP contribution < -0.4 is 4.74 Å². The van der Waals surface area contributed by atoms with Crippen molar-refractivity contribution in [2.75, 3.05) is 0 Å². The smallest absolute Gasteiger partial charge is 0.150 e. The highest BCUT2D eigenvalue weighted by atomic mass is 35.5. The third-order valence-electron chi connectivity index (χ3n) is 3.11. The van der Waals surface area contributed by atoms with Gasteiger partial charge in [-0.15, -0.1) is 0 Å². The maximum atomic E-state index is 11.1. The van der Waals surface area contributed by atoms with Crippen LogP contribution in [0.4, 0.5) is 0 Å². The van der Waals surface area contributed by atoms with Gasteiger partial charge in [0, 0.05) is 10.6 Å². The zero-order chi connectivity index (χ0) is 13.2. The van der Waals surface area contributed by atoms with Gasteiger partial charge in [0.05, 0.1) is 6.10 Å². The van der Waals surface area contributed by atoms with Crippen LogP contribution in [0.3, 0.4) is 0 Å². The molecule has 2 aromatic carbocycles. The van der Waals surface area contributed by atoms with E-state index in [1.807, 2.05) is 30.3 Å². The van der Waals surface area contributed by atoms with E-state index in [-0.39, 0.29) is 0 Å². The molecule has 0 atom stereocenters. The SMILES string of the molecule is O=Cc1cc(Cl)ccc1-c1cccc(OC2CC2)c1. The summed E-state index contributed by atoms with van der Waals surface area (Å²) >= 11 is 5.91. The summed E-state index contributed by atoms with van der Waals surface area (Å²) in [7, 11) is 0. The molecule has 0 aromatic heterocycles. The van der Waals surface area contributed by atoms with Gasteiger partial charge in [0.2, 0.25) is 0 Å². The minimum absolute atomic E-state index is 0.367. The summed E-state index contributed by atoms with van der Waals surface area (Å²) in [6.45, 7) is 0. The summed E-state index contributed by atoms with van der Waals surface area (Å²) in [6, 6.07) is 13.2. The number of aldehydes is 1. The Morgan fingerprint density at radius 3 is 2.74 bits per heavy atom. The molecular weight excluding hydrogens is 260 g/mol. The normalized spacial score (nSPS) is 14.2. The van der Waals surface area contributed by atoms with E-state index in [0.29, 0.717) is 16.7 Å². The van der Waals surface area contributed by atoms with Crippen molar-refractivity contribution >= 4 is 17.9 Å². The number of halogens is 1. The van der Waals surface area contributed by atoms with E-state index in [4.69, 9.17) is 16.3 Å². The molecule has 0 saturated heterocycles. The Labute approximate surface area is 117 Å². The fourth-order valence-electron chi connectivity index (χ4n) is 2.01.